The molecule has 0 saturated carbocycles. The Kier molecular flexibility index (Phi) is 6.81. The molecule has 9 heteroatoms. The van der Waals surface area contributed by atoms with Crippen molar-refractivity contribution in [3.8, 4) is 0 Å². The number of benzene rings is 1. The van der Waals surface area contributed by atoms with Crippen LogP contribution in [0.1, 0.15) is 15.9 Å². The summed E-state index contributed by atoms with van der Waals surface area (Å²) in [6.07, 6.45) is 1.68. The quantitative estimate of drug-likeness (QED) is 0.342. The number of hydrogen-bond acceptors (Lipinski definition) is 5. The fraction of sp³-hybridized carbons (Fsp3) is 0.154. The Balaban J connectivity index is 0.00000121. The minimum atomic E-state index is -0.413. The van der Waals surface area contributed by atoms with E-state index in [1.165, 1.54) is 4.68 Å². The van der Waals surface area contributed by atoms with Gasteiger partial charge in [0.05, 0.1) is 5.95 Å². The molecule has 0 unspecified atom stereocenters. The number of pyridine rings is 1. The molecule has 2 aromatic heterocycles. The summed E-state index contributed by atoms with van der Waals surface area (Å²) in [7, 11) is 1.62. The Morgan fingerprint density at radius 3 is 2.86 bits per heavy atom. The molecule has 3 aromatic rings. The molecule has 0 radical (unpaired) electrons. The molecule has 2 heterocycles. The first-order valence-corrected chi connectivity index (χ1v) is 5.91. The summed E-state index contributed by atoms with van der Waals surface area (Å²) in [4.78, 5) is 16.5. The Morgan fingerprint density at radius 1 is 1.41 bits per heavy atom. The zero-order valence-corrected chi connectivity index (χ0v) is 17.2. The zero-order valence-electron chi connectivity index (χ0n) is 12.3. The first-order chi connectivity index (χ1) is 9.66. The van der Waals surface area contributed by atoms with Crippen LogP contribution < -0.4 is 29.6 Å². The summed E-state index contributed by atoms with van der Waals surface area (Å²) in [5.41, 5.74) is 1.95. The van der Waals surface area contributed by atoms with Gasteiger partial charge in [0.1, 0.15) is 0 Å². The second-order valence-electron chi connectivity index (χ2n) is 4.25. The number of carbonyl (C=O) groups excluding carboxylic acids is 1. The van der Waals surface area contributed by atoms with Crippen molar-refractivity contribution in [3.63, 3.8) is 0 Å². The Labute approximate surface area is 163 Å². The van der Waals surface area contributed by atoms with Crippen molar-refractivity contribution in [3.05, 3.63) is 46.9 Å². The first kappa shape index (κ1) is 18.9. The van der Waals surface area contributed by atoms with Gasteiger partial charge in [-0.3, -0.25) is 9.89 Å². The van der Waals surface area contributed by atoms with E-state index in [4.69, 9.17) is 0 Å². The molecule has 1 amide bonds. The second-order valence-corrected chi connectivity index (χ2v) is 4.25. The van der Waals surface area contributed by atoms with Crippen molar-refractivity contribution < 1.29 is 55.4 Å². The molecule has 0 aliphatic rings. The first-order valence-electron chi connectivity index (χ1n) is 5.91. The van der Waals surface area contributed by atoms with Crippen molar-refractivity contribution in [2.24, 2.45) is 7.05 Å². The van der Waals surface area contributed by atoms with E-state index in [9.17, 15) is 4.79 Å². The molecule has 1 aromatic carbocycles. The fourth-order valence-electron chi connectivity index (χ4n) is 1.90. The van der Waals surface area contributed by atoms with Gasteiger partial charge in [0.2, 0.25) is 0 Å². The normalized spacial score (nSPS) is 9.73. The van der Waals surface area contributed by atoms with E-state index in [0.29, 0.717) is 5.56 Å². The molecule has 0 N–H and O–H groups in total. The maximum atomic E-state index is 12.2. The number of hydrogen-bond donors (Lipinski definition) is 0. The minimum absolute atomic E-state index is 0. The molecule has 0 aliphatic carbocycles. The average Bonchev–Trinajstić information content (AvgIpc) is 2.85. The zero-order chi connectivity index (χ0) is 14.1. The van der Waals surface area contributed by atoms with E-state index in [1.807, 2.05) is 19.1 Å². The third-order valence-electron chi connectivity index (χ3n) is 2.97. The van der Waals surface area contributed by atoms with Crippen molar-refractivity contribution in [2.45, 2.75) is 6.92 Å². The van der Waals surface area contributed by atoms with E-state index in [1.54, 1.807) is 19.3 Å². The van der Waals surface area contributed by atoms with Crippen LogP contribution in [-0.4, -0.2) is 31.1 Å². The SMILES string of the molecule is Cc1c(C(=O)[N-]c2nnnn2C)c[c-]c2cccnc12.[Na+].[W]. The molecule has 7 nitrogen and oxygen atoms in total. The minimum Gasteiger partial charge on any atom is -0.329 e. The van der Waals surface area contributed by atoms with E-state index < -0.39 is 5.91 Å². The summed E-state index contributed by atoms with van der Waals surface area (Å²) in [6, 6.07) is 8.38. The van der Waals surface area contributed by atoms with Gasteiger partial charge < -0.3 is 15.0 Å². The van der Waals surface area contributed by atoms with Gasteiger partial charge in [0.15, 0.2) is 5.91 Å². The number of nitrogens with zero attached hydrogens (tertiary/aromatic N) is 6. The number of rotatable bonds is 2. The predicted octanol–water partition coefficient (Wildman–Crippen LogP) is -1.29. The molecule has 0 spiro atoms. The van der Waals surface area contributed by atoms with Crippen molar-refractivity contribution in [1.29, 1.82) is 0 Å². The monoisotopic (exact) mass is 473 g/mol. The molecule has 0 fully saturated rings. The Hall–Kier alpha value is -1.14. The predicted molar refractivity (Wildman–Crippen MR) is 71.5 cm³/mol. The number of tetrazole rings is 1. The third kappa shape index (κ3) is 3.60. The molecule has 0 aliphatic heterocycles. The van der Waals surface area contributed by atoms with Crippen LogP contribution in [0, 0.1) is 13.0 Å². The number of carbonyl (C=O) groups is 1. The van der Waals surface area contributed by atoms with Gasteiger partial charge in [-0.25, -0.2) is 0 Å². The number of fused-ring (bicyclic) bond motifs is 1. The number of aromatic nitrogens is 5. The molecular weight excluding hydrogens is 463 g/mol. The summed E-state index contributed by atoms with van der Waals surface area (Å²) in [5.74, 6) is -0.250. The second kappa shape index (κ2) is 7.92. The maximum Gasteiger partial charge on any atom is 1.00 e. The average molecular weight is 473 g/mol. The van der Waals surface area contributed by atoms with Gasteiger partial charge in [-0.15, -0.1) is 34.0 Å². The molecule has 106 valence electrons. The van der Waals surface area contributed by atoms with Crippen LogP contribution in [-0.2, 0) is 28.1 Å². The van der Waals surface area contributed by atoms with Crippen molar-refractivity contribution in [2.75, 3.05) is 0 Å². The van der Waals surface area contributed by atoms with E-state index >= 15 is 0 Å². The van der Waals surface area contributed by atoms with Crippen molar-refractivity contribution in [1.82, 2.24) is 25.2 Å². The van der Waals surface area contributed by atoms with Gasteiger partial charge in [-0.2, -0.15) is 0 Å². The summed E-state index contributed by atoms with van der Waals surface area (Å²) in [5, 5.41) is 15.5. The van der Waals surface area contributed by atoms with E-state index in [0.717, 1.165) is 16.5 Å². The number of amides is 1. The third-order valence-corrected chi connectivity index (χ3v) is 2.97. The van der Waals surface area contributed by atoms with Gasteiger partial charge in [0, 0.05) is 27.3 Å². The molecule has 0 saturated heterocycles. The topological polar surface area (TPSA) is 87.7 Å². The van der Waals surface area contributed by atoms with E-state index in [-0.39, 0.29) is 56.6 Å². The fourth-order valence-corrected chi connectivity index (χ4v) is 1.90. The Bertz CT molecular complexity index is 806. The molecule has 0 bridgehead atoms. The van der Waals surface area contributed by atoms with Crippen molar-refractivity contribution >= 4 is 22.8 Å². The standard InChI is InChI=1S/C13H11N6O.Na.W/c1-8-10(6-5-9-4-3-7-14-11(8)9)12(20)15-13-16-17-18-19(13)2;;/h3-4,6-7H,1-2H3,(H,15,16,18,20);;/q-1;+1;/p-1. The van der Waals surface area contributed by atoms with Gasteiger partial charge in [-0.1, -0.05) is 24.1 Å². The summed E-state index contributed by atoms with van der Waals surface area (Å²) < 4.78 is 1.33. The van der Waals surface area contributed by atoms with E-state index in [2.05, 4.69) is 31.9 Å². The summed E-state index contributed by atoms with van der Waals surface area (Å²) >= 11 is 0. The largest absolute Gasteiger partial charge is 1.00 e. The van der Waals surface area contributed by atoms with Crippen LogP contribution in [0.3, 0.4) is 0 Å². The molecular formula is C13H10N6NaOW-. The molecule has 22 heavy (non-hydrogen) atoms. The maximum absolute atomic E-state index is 12.2. The molecule has 0 atom stereocenters. The smallest absolute Gasteiger partial charge is 0.329 e. The molecule has 3 rings (SSSR count). The van der Waals surface area contributed by atoms with Crippen LogP contribution in [0.5, 0.6) is 0 Å². The van der Waals surface area contributed by atoms with Crippen LogP contribution >= 0.6 is 0 Å². The van der Waals surface area contributed by atoms with Gasteiger partial charge in [0.25, 0.3) is 0 Å². The van der Waals surface area contributed by atoms with Gasteiger partial charge in [-0.05, 0) is 12.6 Å². The summed E-state index contributed by atoms with van der Waals surface area (Å²) in [6.45, 7) is 1.83. The van der Waals surface area contributed by atoms with Crippen LogP contribution in [0.4, 0.5) is 5.95 Å². The van der Waals surface area contributed by atoms with Gasteiger partial charge >= 0.3 is 29.6 Å². The Morgan fingerprint density at radius 2 is 2.18 bits per heavy atom. The number of aryl methyl sites for hydroxylation is 2. The van der Waals surface area contributed by atoms with Crippen LogP contribution in [0.25, 0.3) is 16.2 Å². The van der Waals surface area contributed by atoms with Crippen LogP contribution in [0.15, 0.2) is 24.4 Å². The van der Waals surface area contributed by atoms with Crippen LogP contribution in [0.2, 0.25) is 0 Å².